The zero-order chi connectivity index (χ0) is 14.6. The number of nitrogens with zero attached hydrogens (tertiary/aromatic N) is 1. The Morgan fingerprint density at radius 3 is 2.58 bits per heavy atom. The molecule has 0 saturated carbocycles. The Kier molecular flexibility index (Phi) is 5.34. The lowest BCUT2D eigenvalue weighted by atomic mass is 10.2. The van der Waals surface area contributed by atoms with Gasteiger partial charge in [-0.3, -0.25) is 4.79 Å². The number of carbonyl (C=O) groups excluding carboxylic acids is 1. The number of hydrogen-bond acceptors (Lipinski definition) is 4. The van der Waals surface area contributed by atoms with Gasteiger partial charge in [-0.15, -0.1) is 0 Å². The fraction of sp³-hybridized carbons (Fsp3) is 0.417. The van der Waals surface area contributed by atoms with E-state index in [1.165, 1.54) is 26.3 Å². The zero-order valence-electron chi connectivity index (χ0n) is 11.0. The maximum Gasteiger partial charge on any atom is 0.306 e. The molecule has 1 rings (SSSR count). The lowest BCUT2D eigenvalue weighted by Crippen LogP contribution is -2.30. The van der Waals surface area contributed by atoms with Crippen molar-refractivity contribution in [3.05, 3.63) is 28.8 Å². The smallest absolute Gasteiger partial charge is 0.306 e. The second-order valence-electron chi connectivity index (χ2n) is 4.06. The molecule has 106 valence electrons. The molecule has 0 aromatic heterocycles. The van der Waals surface area contributed by atoms with Crippen LogP contribution >= 0.6 is 11.6 Å². The summed E-state index contributed by atoms with van der Waals surface area (Å²) in [6.45, 7) is 1.74. The summed E-state index contributed by atoms with van der Waals surface area (Å²) in [4.78, 5) is 11.2. The monoisotopic (exact) mass is 305 g/mol. The van der Waals surface area contributed by atoms with E-state index >= 15 is 0 Å². The molecule has 19 heavy (non-hydrogen) atoms. The van der Waals surface area contributed by atoms with Crippen LogP contribution in [0.2, 0.25) is 5.02 Å². The summed E-state index contributed by atoms with van der Waals surface area (Å²) in [5.41, 5.74) is 0.567. The summed E-state index contributed by atoms with van der Waals surface area (Å²) in [6, 6.07) is 4.57. The minimum atomic E-state index is -3.62. The van der Waals surface area contributed by atoms with Crippen molar-refractivity contribution >= 4 is 27.6 Å². The van der Waals surface area contributed by atoms with Crippen LogP contribution in [-0.2, 0) is 19.6 Å². The van der Waals surface area contributed by atoms with Crippen molar-refractivity contribution in [2.75, 3.05) is 20.7 Å². The van der Waals surface area contributed by atoms with E-state index in [0.717, 1.165) is 4.31 Å². The van der Waals surface area contributed by atoms with Crippen molar-refractivity contribution < 1.29 is 17.9 Å². The molecule has 0 amide bonds. The molecule has 0 radical (unpaired) electrons. The standard InChI is InChI=1S/C12H16ClNO4S/c1-9-8-10(13)4-5-11(9)19(16,17)14(2)7-6-12(15)18-3/h4-5,8H,6-7H2,1-3H3. The summed E-state index contributed by atoms with van der Waals surface area (Å²) in [5.74, 6) is -0.449. The van der Waals surface area contributed by atoms with Gasteiger partial charge in [-0.05, 0) is 30.7 Å². The van der Waals surface area contributed by atoms with E-state index in [4.69, 9.17) is 11.6 Å². The number of sulfonamides is 1. The predicted molar refractivity (Wildman–Crippen MR) is 72.6 cm³/mol. The summed E-state index contributed by atoms with van der Waals surface area (Å²) < 4.78 is 30.2. The molecule has 0 fully saturated rings. The third-order valence-electron chi connectivity index (χ3n) is 2.68. The first-order valence-corrected chi connectivity index (χ1v) is 7.40. The van der Waals surface area contributed by atoms with Crippen LogP contribution in [0.5, 0.6) is 0 Å². The molecule has 1 aromatic rings. The molecule has 7 heteroatoms. The SMILES string of the molecule is COC(=O)CCN(C)S(=O)(=O)c1ccc(Cl)cc1C. The van der Waals surface area contributed by atoms with E-state index in [2.05, 4.69) is 4.74 Å². The van der Waals surface area contributed by atoms with Crippen molar-refractivity contribution in [2.45, 2.75) is 18.2 Å². The van der Waals surface area contributed by atoms with Crippen LogP contribution in [-0.4, -0.2) is 39.4 Å². The average Bonchev–Trinajstić information content (AvgIpc) is 2.34. The van der Waals surface area contributed by atoms with Crippen molar-refractivity contribution in [3.8, 4) is 0 Å². The fourth-order valence-corrected chi connectivity index (χ4v) is 3.14. The predicted octanol–water partition coefficient (Wildman–Crippen LogP) is 1.83. The first kappa shape index (κ1) is 15.9. The van der Waals surface area contributed by atoms with Gasteiger partial charge in [0.25, 0.3) is 0 Å². The number of ether oxygens (including phenoxy) is 1. The van der Waals surface area contributed by atoms with Gasteiger partial charge in [0.05, 0.1) is 18.4 Å². The van der Waals surface area contributed by atoms with Crippen LogP contribution in [0.15, 0.2) is 23.1 Å². The number of carbonyl (C=O) groups is 1. The highest BCUT2D eigenvalue weighted by Gasteiger charge is 2.23. The molecule has 0 saturated heterocycles. The second-order valence-corrected chi connectivity index (χ2v) is 6.51. The van der Waals surface area contributed by atoms with Crippen molar-refractivity contribution in [1.29, 1.82) is 0 Å². The van der Waals surface area contributed by atoms with Crippen LogP contribution < -0.4 is 0 Å². The third-order valence-corrected chi connectivity index (χ3v) is 4.94. The minimum Gasteiger partial charge on any atom is -0.469 e. The van der Waals surface area contributed by atoms with Crippen LogP contribution in [0.25, 0.3) is 0 Å². The van der Waals surface area contributed by atoms with Gasteiger partial charge in [0.15, 0.2) is 0 Å². The maximum atomic E-state index is 12.3. The largest absolute Gasteiger partial charge is 0.469 e. The van der Waals surface area contributed by atoms with Gasteiger partial charge in [0.2, 0.25) is 10.0 Å². The van der Waals surface area contributed by atoms with Crippen LogP contribution in [0, 0.1) is 6.92 Å². The van der Waals surface area contributed by atoms with Gasteiger partial charge in [-0.25, -0.2) is 12.7 Å². The Labute approximate surface area is 118 Å². The molecular weight excluding hydrogens is 290 g/mol. The van der Waals surface area contributed by atoms with Gasteiger partial charge < -0.3 is 4.74 Å². The van der Waals surface area contributed by atoms with E-state index < -0.39 is 16.0 Å². The topological polar surface area (TPSA) is 63.7 Å². The molecule has 0 heterocycles. The van der Waals surface area contributed by atoms with Gasteiger partial charge in [0.1, 0.15) is 0 Å². The first-order valence-electron chi connectivity index (χ1n) is 5.58. The summed E-state index contributed by atoms with van der Waals surface area (Å²) in [5, 5.41) is 0.480. The molecule has 0 aliphatic carbocycles. The third kappa shape index (κ3) is 3.92. The number of benzene rings is 1. The first-order chi connectivity index (χ1) is 8.78. The number of methoxy groups -OCH3 is 1. The Hall–Kier alpha value is -1.11. The number of esters is 1. The molecular formula is C12H16ClNO4S. The molecule has 0 atom stereocenters. The van der Waals surface area contributed by atoms with E-state index in [0.29, 0.717) is 10.6 Å². The average molecular weight is 306 g/mol. The van der Waals surface area contributed by atoms with Crippen LogP contribution in [0.3, 0.4) is 0 Å². The highest BCUT2D eigenvalue weighted by atomic mass is 35.5. The minimum absolute atomic E-state index is 0.0128. The molecule has 5 nitrogen and oxygen atoms in total. The molecule has 0 bridgehead atoms. The lowest BCUT2D eigenvalue weighted by molar-refractivity contribution is -0.140. The van der Waals surface area contributed by atoms with Crippen LogP contribution in [0.4, 0.5) is 0 Å². The van der Waals surface area contributed by atoms with E-state index in [-0.39, 0.29) is 17.9 Å². The van der Waals surface area contributed by atoms with E-state index in [9.17, 15) is 13.2 Å². The number of hydrogen-bond donors (Lipinski definition) is 0. The number of rotatable bonds is 5. The summed E-state index contributed by atoms with van der Waals surface area (Å²) in [7, 11) is -0.936. The van der Waals surface area contributed by atoms with Gasteiger partial charge in [-0.2, -0.15) is 0 Å². The number of halogens is 1. The van der Waals surface area contributed by atoms with Crippen molar-refractivity contribution in [1.82, 2.24) is 4.31 Å². The molecule has 0 aliphatic rings. The normalized spacial score (nSPS) is 11.6. The summed E-state index contributed by atoms with van der Waals surface area (Å²) in [6.07, 6.45) is 0.0128. The molecule has 0 aliphatic heterocycles. The zero-order valence-corrected chi connectivity index (χ0v) is 12.6. The molecule has 0 unspecified atom stereocenters. The Morgan fingerprint density at radius 1 is 1.42 bits per heavy atom. The van der Waals surface area contributed by atoms with Crippen LogP contribution in [0.1, 0.15) is 12.0 Å². The van der Waals surface area contributed by atoms with Gasteiger partial charge in [0, 0.05) is 18.6 Å². The molecule has 1 aromatic carbocycles. The van der Waals surface area contributed by atoms with Gasteiger partial charge in [-0.1, -0.05) is 11.6 Å². The highest BCUT2D eigenvalue weighted by Crippen LogP contribution is 2.22. The van der Waals surface area contributed by atoms with Crippen molar-refractivity contribution in [3.63, 3.8) is 0 Å². The fourth-order valence-electron chi connectivity index (χ4n) is 1.54. The Bertz CT molecular complexity index is 571. The quantitative estimate of drug-likeness (QED) is 0.779. The van der Waals surface area contributed by atoms with E-state index in [1.54, 1.807) is 13.0 Å². The Balaban J connectivity index is 2.94. The highest BCUT2D eigenvalue weighted by molar-refractivity contribution is 7.89. The van der Waals surface area contributed by atoms with E-state index in [1.807, 2.05) is 0 Å². The number of aryl methyl sites for hydroxylation is 1. The lowest BCUT2D eigenvalue weighted by Gasteiger charge is -2.18. The van der Waals surface area contributed by atoms with Gasteiger partial charge >= 0.3 is 5.97 Å². The van der Waals surface area contributed by atoms with Crippen molar-refractivity contribution in [2.24, 2.45) is 0 Å². The molecule has 0 spiro atoms. The molecule has 0 N–H and O–H groups in total. The second kappa shape index (κ2) is 6.36. The maximum absolute atomic E-state index is 12.3. The summed E-state index contributed by atoms with van der Waals surface area (Å²) >= 11 is 5.80. The Morgan fingerprint density at radius 2 is 2.05 bits per heavy atom.